The Morgan fingerprint density at radius 2 is 0.898 bits per heavy atom. The summed E-state index contributed by atoms with van der Waals surface area (Å²) >= 11 is 1.84. The van der Waals surface area contributed by atoms with E-state index < -0.39 is 0 Å². The number of hydrogen-bond donors (Lipinski definition) is 0. The summed E-state index contributed by atoms with van der Waals surface area (Å²) in [6.07, 6.45) is 1.81. The van der Waals surface area contributed by atoms with E-state index in [0.717, 1.165) is 50.5 Å². The largest absolute Gasteiger partial charge is 0.255 e. The molecule has 0 aliphatic heterocycles. The van der Waals surface area contributed by atoms with E-state index in [1.165, 1.54) is 31.3 Å². The first-order valence-electron chi connectivity index (χ1n) is 16.3. The smallest absolute Gasteiger partial charge is 0.160 e. The van der Waals surface area contributed by atoms with Gasteiger partial charge in [0.1, 0.15) is 0 Å². The molecule has 0 aliphatic carbocycles. The Kier molecular flexibility index (Phi) is 7.34. The highest BCUT2D eigenvalue weighted by Gasteiger charge is 2.15. The van der Waals surface area contributed by atoms with E-state index in [2.05, 4.69) is 138 Å². The van der Waals surface area contributed by atoms with Gasteiger partial charge in [0.05, 0.1) is 17.1 Å². The zero-order valence-corrected chi connectivity index (χ0v) is 27.3. The summed E-state index contributed by atoms with van der Waals surface area (Å²) in [6, 6.07) is 59.7. The highest BCUT2D eigenvalue weighted by Crippen LogP contribution is 2.37. The Morgan fingerprint density at radius 3 is 1.61 bits per heavy atom. The minimum absolute atomic E-state index is 0.659. The third-order valence-corrected chi connectivity index (χ3v) is 10.1. The van der Waals surface area contributed by atoms with Crippen LogP contribution >= 0.6 is 11.3 Å². The van der Waals surface area contributed by atoms with Crippen LogP contribution in [0, 0.1) is 0 Å². The minimum Gasteiger partial charge on any atom is -0.255 e. The van der Waals surface area contributed by atoms with Crippen LogP contribution in [-0.2, 0) is 0 Å². The van der Waals surface area contributed by atoms with Crippen LogP contribution in [0.1, 0.15) is 0 Å². The maximum atomic E-state index is 5.20. The summed E-state index contributed by atoms with van der Waals surface area (Å²) in [5, 5.41) is 2.61. The van der Waals surface area contributed by atoms with Gasteiger partial charge in [-0.1, -0.05) is 115 Å². The van der Waals surface area contributed by atoms with Crippen molar-refractivity contribution >= 4 is 31.5 Å². The normalized spacial score (nSPS) is 11.3. The molecular formula is C45H29N3S. The first kappa shape index (κ1) is 29.0. The summed E-state index contributed by atoms with van der Waals surface area (Å²) in [4.78, 5) is 15.0. The quantitative estimate of drug-likeness (QED) is 0.181. The van der Waals surface area contributed by atoms with Gasteiger partial charge in [0.25, 0.3) is 0 Å². The summed E-state index contributed by atoms with van der Waals surface area (Å²) in [5.74, 6) is 0.659. The summed E-state index contributed by atoms with van der Waals surface area (Å²) in [5.41, 5.74) is 11.3. The van der Waals surface area contributed by atoms with Crippen molar-refractivity contribution in [2.75, 3.05) is 0 Å². The van der Waals surface area contributed by atoms with Crippen LogP contribution < -0.4 is 0 Å². The Hall–Kier alpha value is -6.23. The average Bonchev–Trinajstić information content (AvgIpc) is 3.57. The van der Waals surface area contributed by atoms with Crippen LogP contribution in [0.15, 0.2) is 176 Å². The Balaban J connectivity index is 1.16. The lowest BCUT2D eigenvalue weighted by Gasteiger charge is -2.13. The van der Waals surface area contributed by atoms with Gasteiger partial charge < -0.3 is 0 Å². The fraction of sp³-hybridized carbons (Fsp3) is 0. The van der Waals surface area contributed by atoms with Crippen molar-refractivity contribution in [2.45, 2.75) is 0 Å². The second-order valence-corrected chi connectivity index (χ2v) is 13.2. The second-order valence-electron chi connectivity index (χ2n) is 12.1. The molecule has 0 N–H and O–H groups in total. The molecule has 0 amide bonds. The van der Waals surface area contributed by atoms with E-state index in [1.54, 1.807) is 0 Å². The Bertz CT molecular complexity index is 2520. The Labute approximate surface area is 288 Å². The molecule has 0 saturated carbocycles. The van der Waals surface area contributed by atoms with E-state index in [9.17, 15) is 0 Å². The van der Waals surface area contributed by atoms with Crippen LogP contribution in [-0.4, -0.2) is 15.0 Å². The summed E-state index contributed by atoms with van der Waals surface area (Å²) < 4.78 is 2.63. The van der Waals surface area contributed by atoms with Crippen molar-refractivity contribution in [1.29, 1.82) is 0 Å². The molecule has 0 radical (unpaired) electrons. The van der Waals surface area contributed by atoms with Crippen molar-refractivity contribution in [2.24, 2.45) is 0 Å². The Morgan fingerprint density at radius 1 is 0.327 bits per heavy atom. The van der Waals surface area contributed by atoms with Crippen molar-refractivity contribution in [3.8, 4) is 67.4 Å². The van der Waals surface area contributed by atoms with Gasteiger partial charge in [-0.15, -0.1) is 11.3 Å². The molecule has 0 saturated heterocycles. The molecular weight excluding hydrogens is 615 g/mol. The van der Waals surface area contributed by atoms with Gasteiger partial charge >= 0.3 is 0 Å². The SMILES string of the molecule is c1ccc(-c2cc(-c3ccccc3)cc(-c3nc(-c4ccc(-c5ccc6sc7ccccc7c6c5)cc4)cc(-c4ccccn4)n3)c2)cc1. The molecule has 0 unspecified atom stereocenters. The minimum atomic E-state index is 0.659. The zero-order chi connectivity index (χ0) is 32.6. The summed E-state index contributed by atoms with van der Waals surface area (Å²) in [7, 11) is 0. The average molecular weight is 644 g/mol. The van der Waals surface area contributed by atoms with Gasteiger partial charge in [-0.2, -0.15) is 0 Å². The molecule has 9 aromatic rings. The van der Waals surface area contributed by atoms with Gasteiger partial charge in [0, 0.05) is 37.5 Å². The van der Waals surface area contributed by atoms with Crippen LogP contribution in [0.4, 0.5) is 0 Å². The van der Waals surface area contributed by atoms with E-state index >= 15 is 0 Å². The zero-order valence-electron chi connectivity index (χ0n) is 26.5. The van der Waals surface area contributed by atoms with E-state index in [4.69, 9.17) is 9.97 Å². The highest BCUT2D eigenvalue weighted by atomic mass is 32.1. The maximum Gasteiger partial charge on any atom is 0.160 e. The predicted octanol–water partition coefficient (Wildman–Crippen LogP) is 12.2. The van der Waals surface area contributed by atoms with E-state index in [-0.39, 0.29) is 0 Å². The molecule has 0 atom stereocenters. The standard InChI is InChI=1S/C45H29N3S/c1-3-11-30(12-4-1)35-25-36(31-13-5-2-6-14-31)27-37(26-35)45-47-41(29-42(48-45)40-16-9-10-24-46-40)33-20-18-32(19-21-33)34-22-23-44-39(28-34)38-15-7-8-17-43(38)49-44/h1-29H. The maximum absolute atomic E-state index is 5.20. The molecule has 3 aromatic heterocycles. The lowest BCUT2D eigenvalue weighted by molar-refractivity contribution is 1.16. The van der Waals surface area contributed by atoms with Gasteiger partial charge in [-0.05, 0) is 88.0 Å². The second kappa shape index (κ2) is 12.4. The lowest BCUT2D eigenvalue weighted by Crippen LogP contribution is -1.97. The topological polar surface area (TPSA) is 38.7 Å². The molecule has 0 fully saturated rings. The highest BCUT2D eigenvalue weighted by molar-refractivity contribution is 7.25. The number of fused-ring (bicyclic) bond motifs is 3. The van der Waals surface area contributed by atoms with Crippen molar-refractivity contribution in [3.05, 3.63) is 176 Å². The van der Waals surface area contributed by atoms with Crippen molar-refractivity contribution in [1.82, 2.24) is 15.0 Å². The van der Waals surface area contributed by atoms with E-state index in [1.807, 2.05) is 53.9 Å². The number of thiophene rings is 1. The molecule has 3 heterocycles. The van der Waals surface area contributed by atoms with Gasteiger partial charge in [0.15, 0.2) is 5.82 Å². The summed E-state index contributed by atoms with van der Waals surface area (Å²) in [6.45, 7) is 0. The van der Waals surface area contributed by atoms with E-state index in [0.29, 0.717) is 5.82 Å². The predicted molar refractivity (Wildman–Crippen MR) is 205 cm³/mol. The molecule has 3 nitrogen and oxygen atoms in total. The van der Waals surface area contributed by atoms with Crippen molar-refractivity contribution in [3.63, 3.8) is 0 Å². The van der Waals surface area contributed by atoms with Gasteiger partial charge in [-0.25, -0.2) is 9.97 Å². The fourth-order valence-corrected chi connectivity index (χ4v) is 7.55. The number of benzene rings is 6. The molecule has 6 aromatic carbocycles. The molecule has 4 heteroatoms. The molecule has 0 spiro atoms. The number of hydrogen-bond acceptors (Lipinski definition) is 4. The monoisotopic (exact) mass is 643 g/mol. The van der Waals surface area contributed by atoms with Gasteiger partial charge in [-0.3, -0.25) is 4.98 Å². The molecule has 9 rings (SSSR count). The number of aromatic nitrogens is 3. The van der Waals surface area contributed by atoms with Gasteiger partial charge in [0.2, 0.25) is 0 Å². The van der Waals surface area contributed by atoms with Crippen molar-refractivity contribution < 1.29 is 0 Å². The number of rotatable bonds is 6. The lowest BCUT2D eigenvalue weighted by atomic mass is 9.95. The first-order valence-corrected chi connectivity index (χ1v) is 17.2. The first-order chi connectivity index (χ1) is 24.2. The molecule has 230 valence electrons. The molecule has 0 aliphatic rings. The number of nitrogens with zero attached hydrogens (tertiary/aromatic N) is 3. The van der Waals surface area contributed by atoms with Crippen LogP contribution in [0.2, 0.25) is 0 Å². The third kappa shape index (κ3) is 5.69. The molecule has 0 bridgehead atoms. The van der Waals surface area contributed by atoms with Crippen LogP contribution in [0.25, 0.3) is 87.6 Å². The third-order valence-electron chi connectivity index (χ3n) is 8.95. The van der Waals surface area contributed by atoms with Crippen LogP contribution in [0.5, 0.6) is 0 Å². The molecule has 49 heavy (non-hydrogen) atoms. The fourth-order valence-electron chi connectivity index (χ4n) is 6.46. The number of pyridine rings is 1. The van der Waals surface area contributed by atoms with Crippen LogP contribution in [0.3, 0.4) is 0 Å².